The van der Waals surface area contributed by atoms with Gasteiger partial charge in [-0.15, -0.1) is 0 Å². The van der Waals surface area contributed by atoms with Gasteiger partial charge in [0, 0.05) is 30.2 Å². The molecule has 0 unspecified atom stereocenters. The van der Waals surface area contributed by atoms with Crippen molar-refractivity contribution >= 4 is 23.5 Å². The molecule has 25 heavy (non-hydrogen) atoms. The van der Waals surface area contributed by atoms with Gasteiger partial charge in [0.05, 0.1) is 6.42 Å². The van der Waals surface area contributed by atoms with Crippen LogP contribution in [0.2, 0.25) is 0 Å². The molecule has 2 N–H and O–H groups in total. The van der Waals surface area contributed by atoms with Crippen LogP contribution in [0.5, 0.6) is 0 Å². The minimum Gasteiger partial charge on any atom is -0.460 e. The molecule has 1 aromatic carbocycles. The molecule has 7 heteroatoms. The molecule has 0 aliphatic heterocycles. The van der Waals surface area contributed by atoms with Crippen LogP contribution in [0.1, 0.15) is 37.6 Å². The zero-order chi connectivity index (χ0) is 18.3. The van der Waals surface area contributed by atoms with Crippen LogP contribution in [0.15, 0.2) is 42.7 Å². The second-order valence-electron chi connectivity index (χ2n) is 6.37. The van der Waals surface area contributed by atoms with E-state index in [0.717, 1.165) is 0 Å². The van der Waals surface area contributed by atoms with E-state index in [1.807, 2.05) is 6.07 Å². The number of nitrogens with zero attached hydrogens (tertiary/aromatic N) is 2. The summed E-state index contributed by atoms with van der Waals surface area (Å²) in [4.78, 5) is 32.0. The third kappa shape index (κ3) is 6.58. The molecule has 0 aliphatic carbocycles. The molecule has 1 heterocycles. The van der Waals surface area contributed by atoms with E-state index >= 15 is 0 Å². The molecule has 7 nitrogen and oxygen atoms in total. The molecule has 0 saturated carbocycles. The van der Waals surface area contributed by atoms with E-state index in [4.69, 9.17) is 4.74 Å². The average Bonchev–Trinajstić information content (AvgIpc) is 2.54. The van der Waals surface area contributed by atoms with Crippen molar-refractivity contribution in [2.75, 3.05) is 11.9 Å². The average molecular weight is 342 g/mol. The van der Waals surface area contributed by atoms with Crippen LogP contribution in [0.3, 0.4) is 0 Å². The van der Waals surface area contributed by atoms with Gasteiger partial charge in [-0.25, -0.2) is 9.97 Å². The van der Waals surface area contributed by atoms with Gasteiger partial charge in [0.25, 0.3) is 5.91 Å². The first-order valence-corrected chi connectivity index (χ1v) is 7.98. The normalized spacial score (nSPS) is 10.8. The van der Waals surface area contributed by atoms with Crippen LogP contribution in [0.25, 0.3) is 0 Å². The summed E-state index contributed by atoms with van der Waals surface area (Å²) < 4.78 is 5.20. The van der Waals surface area contributed by atoms with E-state index in [1.54, 1.807) is 57.4 Å². The number of anilines is 2. The minimum absolute atomic E-state index is 0.124. The van der Waals surface area contributed by atoms with E-state index in [-0.39, 0.29) is 24.8 Å². The number of benzene rings is 1. The topological polar surface area (TPSA) is 93.2 Å². The molecule has 0 fully saturated rings. The van der Waals surface area contributed by atoms with Crippen LogP contribution >= 0.6 is 0 Å². The van der Waals surface area contributed by atoms with Crippen LogP contribution < -0.4 is 10.6 Å². The lowest BCUT2D eigenvalue weighted by Gasteiger charge is -2.19. The van der Waals surface area contributed by atoms with Gasteiger partial charge in [0.15, 0.2) is 0 Å². The molecule has 0 atom stereocenters. The van der Waals surface area contributed by atoms with Crippen molar-refractivity contribution in [1.82, 2.24) is 15.3 Å². The molecule has 132 valence electrons. The number of aromatic nitrogens is 2. The van der Waals surface area contributed by atoms with Gasteiger partial charge >= 0.3 is 5.97 Å². The number of carbonyl (C=O) groups excluding carboxylic acids is 2. The van der Waals surface area contributed by atoms with Gasteiger partial charge in [0.2, 0.25) is 5.95 Å². The van der Waals surface area contributed by atoms with Crippen LogP contribution in [0, 0.1) is 0 Å². The Kier molecular flexibility index (Phi) is 6.05. The maximum Gasteiger partial charge on any atom is 0.308 e. The SMILES string of the molecule is CC(C)(C)OC(=O)CCNC(=O)c1cccc(Nc2ncccn2)c1. The molecule has 0 bridgehead atoms. The van der Waals surface area contributed by atoms with Crippen molar-refractivity contribution in [3.8, 4) is 0 Å². The van der Waals surface area contributed by atoms with Gasteiger partial charge < -0.3 is 15.4 Å². The fourth-order valence-corrected chi connectivity index (χ4v) is 2.00. The molecular formula is C18H22N4O3. The number of hydrogen-bond acceptors (Lipinski definition) is 6. The Morgan fingerprint density at radius 3 is 2.52 bits per heavy atom. The fraction of sp³-hybridized carbons (Fsp3) is 0.333. The highest BCUT2D eigenvalue weighted by Gasteiger charge is 2.16. The number of amides is 1. The number of esters is 1. The standard InChI is InChI=1S/C18H22N4O3/c1-18(2,3)25-15(23)8-11-19-16(24)13-6-4-7-14(12-13)22-17-20-9-5-10-21-17/h4-7,9-10,12H,8,11H2,1-3H3,(H,19,24)(H,20,21,22). The molecule has 0 saturated heterocycles. The lowest BCUT2D eigenvalue weighted by molar-refractivity contribution is -0.154. The summed E-state index contributed by atoms with van der Waals surface area (Å²) in [6.45, 7) is 5.63. The highest BCUT2D eigenvalue weighted by molar-refractivity contribution is 5.95. The molecule has 0 radical (unpaired) electrons. The first-order chi connectivity index (χ1) is 11.8. The summed E-state index contributed by atoms with van der Waals surface area (Å²) in [7, 11) is 0. The predicted octanol–water partition coefficient (Wildman–Crippen LogP) is 2.68. The maximum absolute atomic E-state index is 12.2. The van der Waals surface area contributed by atoms with E-state index in [1.165, 1.54) is 0 Å². The number of rotatable bonds is 6. The number of ether oxygens (including phenoxy) is 1. The third-order valence-electron chi connectivity index (χ3n) is 2.98. The minimum atomic E-state index is -0.527. The summed E-state index contributed by atoms with van der Waals surface area (Å²) in [6.07, 6.45) is 3.38. The van der Waals surface area contributed by atoms with Crippen LogP contribution in [-0.4, -0.2) is 34.0 Å². The largest absolute Gasteiger partial charge is 0.460 e. The van der Waals surface area contributed by atoms with Crippen molar-refractivity contribution < 1.29 is 14.3 Å². The van der Waals surface area contributed by atoms with Gasteiger partial charge in [0.1, 0.15) is 5.60 Å². The van der Waals surface area contributed by atoms with E-state index < -0.39 is 5.60 Å². The molecule has 0 spiro atoms. The monoisotopic (exact) mass is 342 g/mol. The Hall–Kier alpha value is -2.96. The molecule has 0 aliphatic rings. The summed E-state index contributed by atoms with van der Waals surface area (Å²) in [5, 5.41) is 5.73. The summed E-state index contributed by atoms with van der Waals surface area (Å²) >= 11 is 0. The third-order valence-corrected chi connectivity index (χ3v) is 2.98. The number of hydrogen-bond donors (Lipinski definition) is 2. The lowest BCUT2D eigenvalue weighted by Crippen LogP contribution is -2.29. The second-order valence-corrected chi connectivity index (χ2v) is 6.37. The van der Waals surface area contributed by atoms with E-state index in [2.05, 4.69) is 20.6 Å². The smallest absolute Gasteiger partial charge is 0.308 e. The first-order valence-electron chi connectivity index (χ1n) is 7.98. The van der Waals surface area contributed by atoms with E-state index in [0.29, 0.717) is 17.2 Å². The maximum atomic E-state index is 12.2. The summed E-state index contributed by atoms with van der Waals surface area (Å²) in [5.41, 5.74) is 0.650. The Labute approximate surface area is 146 Å². The fourth-order valence-electron chi connectivity index (χ4n) is 2.00. The van der Waals surface area contributed by atoms with Gasteiger partial charge in [-0.05, 0) is 45.0 Å². The molecule has 2 aromatic rings. The Morgan fingerprint density at radius 2 is 1.84 bits per heavy atom. The number of carbonyl (C=O) groups is 2. The van der Waals surface area contributed by atoms with Gasteiger partial charge in [-0.2, -0.15) is 0 Å². The van der Waals surface area contributed by atoms with Crippen molar-refractivity contribution in [2.24, 2.45) is 0 Å². The zero-order valence-electron chi connectivity index (χ0n) is 14.6. The van der Waals surface area contributed by atoms with Gasteiger partial charge in [-0.1, -0.05) is 6.07 Å². The molecular weight excluding hydrogens is 320 g/mol. The predicted molar refractivity (Wildman–Crippen MR) is 94.6 cm³/mol. The Balaban J connectivity index is 1.87. The van der Waals surface area contributed by atoms with Crippen LogP contribution in [-0.2, 0) is 9.53 Å². The highest BCUT2D eigenvalue weighted by atomic mass is 16.6. The molecule has 1 amide bonds. The summed E-state index contributed by atoms with van der Waals surface area (Å²) in [6, 6.07) is 8.68. The Bertz CT molecular complexity index is 727. The second kappa shape index (κ2) is 8.23. The molecule has 1 aromatic heterocycles. The van der Waals surface area contributed by atoms with Crippen molar-refractivity contribution in [1.29, 1.82) is 0 Å². The van der Waals surface area contributed by atoms with Gasteiger partial charge in [-0.3, -0.25) is 9.59 Å². The van der Waals surface area contributed by atoms with Crippen LogP contribution in [0.4, 0.5) is 11.6 Å². The zero-order valence-corrected chi connectivity index (χ0v) is 14.6. The van der Waals surface area contributed by atoms with Crippen molar-refractivity contribution in [2.45, 2.75) is 32.8 Å². The van der Waals surface area contributed by atoms with E-state index in [9.17, 15) is 9.59 Å². The number of nitrogens with one attached hydrogen (secondary N) is 2. The molecule has 2 rings (SSSR count). The summed E-state index contributed by atoms with van der Waals surface area (Å²) in [5.74, 6) is -0.157. The Morgan fingerprint density at radius 1 is 1.12 bits per heavy atom. The lowest BCUT2D eigenvalue weighted by atomic mass is 10.2. The first kappa shape index (κ1) is 18.4. The van der Waals surface area contributed by atoms with Crippen molar-refractivity contribution in [3.05, 3.63) is 48.3 Å². The van der Waals surface area contributed by atoms with Crippen molar-refractivity contribution in [3.63, 3.8) is 0 Å². The highest BCUT2D eigenvalue weighted by Crippen LogP contribution is 2.14. The quantitative estimate of drug-likeness (QED) is 0.784.